The predicted molar refractivity (Wildman–Crippen MR) is 74.7 cm³/mol. The molecular formula is C15H11NO2S. The first kappa shape index (κ1) is 12.0. The molecule has 4 heteroatoms. The average molecular weight is 269 g/mol. The number of nitrogens with one attached hydrogen (secondary N) is 1. The van der Waals surface area contributed by atoms with Crippen molar-refractivity contribution in [2.75, 3.05) is 5.32 Å². The van der Waals surface area contributed by atoms with Gasteiger partial charge in [0.1, 0.15) is 0 Å². The summed E-state index contributed by atoms with van der Waals surface area (Å²) in [7, 11) is 0. The van der Waals surface area contributed by atoms with Gasteiger partial charge >= 0.3 is 0 Å². The number of fused-ring (bicyclic) bond motifs is 1. The van der Waals surface area contributed by atoms with Crippen LogP contribution in [0.4, 0.5) is 5.69 Å². The number of Topliss-reactive ketones (excluding diaryl/α,β-unsaturated/α-hetero) is 1. The van der Waals surface area contributed by atoms with Gasteiger partial charge < -0.3 is 5.32 Å². The molecule has 0 unspecified atom stereocenters. The number of hydrogen-bond acceptors (Lipinski definition) is 3. The standard InChI is InChI=1S/C15H11NO2S/c1-9-3-2-4-10(7-9)19-11-5-6-12-13(8-11)16-15(18)14(12)17/h2-8H,1H3,(H,16,17,18). The molecule has 0 spiro atoms. The van der Waals surface area contributed by atoms with Crippen molar-refractivity contribution in [3.63, 3.8) is 0 Å². The van der Waals surface area contributed by atoms with Gasteiger partial charge in [-0.2, -0.15) is 0 Å². The van der Waals surface area contributed by atoms with E-state index in [4.69, 9.17) is 0 Å². The molecule has 0 saturated heterocycles. The van der Waals surface area contributed by atoms with E-state index in [9.17, 15) is 9.59 Å². The topological polar surface area (TPSA) is 46.2 Å². The van der Waals surface area contributed by atoms with Crippen LogP contribution in [0.2, 0.25) is 0 Å². The lowest BCUT2D eigenvalue weighted by Crippen LogP contribution is -2.12. The molecule has 3 rings (SSSR count). The molecule has 0 aromatic heterocycles. The fourth-order valence-corrected chi connectivity index (χ4v) is 2.98. The van der Waals surface area contributed by atoms with Crippen LogP contribution in [-0.4, -0.2) is 11.7 Å². The van der Waals surface area contributed by atoms with Crippen molar-refractivity contribution in [2.24, 2.45) is 0 Å². The number of rotatable bonds is 2. The van der Waals surface area contributed by atoms with E-state index in [1.807, 2.05) is 37.3 Å². The highest BCUT2D eigenvalue weighted by molar-refractivity contribution is 7.99. The van der Waals surface area contributed by atoms with Gasteiger partial charge in [0, 0.05) is 9.79 Å². The fraction of sp³-hybridized carbons (Fsp3) is 0.0667. The summed E-state index contributed by atoms with van der Waals surface area (Å²) in [5.41, 5.74) is 2.26. The number of benzene rings is 2. The number of carbonyl (C=O) groups is 2. The Bertz CT molecular complexity index is 694. The molecule has 0 radical (unpaired) electrons. The molecule has 3 nitrogen and oxygen atoms in total. The Balaban J connectivity index is 1.90. The Morgan fingerprint density at radius 2 is 1.79 bits per heavy atom. The number of amides is 1. The Morgan fingerprint density at radius 3 is 2.58 bits per heavy atom. The first-order valence-electron chi connectivity index (χ1n) is 5.88. The maximum absolute atomic E-state index is 11.5. The lowest BCUT2D eigenvalue weighted by Gasteiger charge is -2.04. The third kappa shape index (κ3) is 2.27. The molecule has 1 N–H and O–H groups in total. The van der Waals surface area contributed by atoms with Gasteiger partial charge in [-0.25, -0.2) is 0 Å². The zero-order valence-electron chi connectivity index (χ0n) is 10.3. The molecule has 19 heavy (non-hydrogen) atoms. The van der Waals surface area contributed by atoms with Gasteiger partial charge in [0.25, 0.3) is 11.7 Å². The monoisotopic (exact) mass is 269 g/mol. The number of anilines is 1. The number of ketones is 1. The summed E-state index contributed by atoms with van der Waals surface area (Å²) in [4.78, 5) is 24.9. The van der Waals surface area contributed by atoms with Crippen molar-refractivity contribution in [1.29, 1.82) is 0 Å². The quantitative estimate of drug-likeness (QED) is 0.851. The minimum absolute atomic E-state index is 0.456. The second-order valence-corrected chi connectivity index (χ2v) is 5.56. The summed E-state index contributed by atoms with van der Waals surface area (Å²) < 4.78 is 0. The minimum atomic E-state index is -0.548. The van der Waals surface area contributed by atoms with Crippen LogP contribution in [0.1, 0.15) is 15.9 Å². The van der Waals surface area contributed by atoms with Crippen LogP contribution in [0.25, 0.3) is 0 Å². The van der Waals surface area contributed by atoms with E-state index >= 15 is 0 Å². The maximum atomic E-state index is 11.5. The van der Waals surface area contributed by atoms with Crippen molar-refractivity contribution in [3.05, 3.63) is 53.6 Å². The largest absolute Gasteiger partial charge is 0.318 e. The van der Waals surface area contributed by atoms with E-state index in [1.54, 1.807) is 17.8 Å². The smallest absolute Gasteiger partial charge is 0.296 e. The van der Waals surface area contributed by atoms with E-state index in [-0.39, 0.29) is 0 Å². The van der Waals surface area contributed by atoms with Crippen molar-refractivity contribution in [3.8, 4) is 0 Å². The average Bonchev–Trinajstić information content (AvgIpc) is 2.65. The van der Waals surface area contributed by atoms with Crippen LogP contribution in [-0.2, 0) is 4.79 Å². The predicted octanol–water partition coefficient (Wildman–Crippen LogP) is 3.28. The molecular weight excluding hydrogens is 258 g/mol. The lowest BCUT2D eigenvalue weighted by molar-refractivity contribution is -0.112. The molecule has 1 aliphatic heterocycles. The Morgan fingerprint density at radius 1 is 1.00 bits per heavy atom. The fourth-order valence-electron chi connectivity index (χ4n) is 2.00. The second kappa shape index (κ2) is 4.55. The first-order chi connectivity index (χ1) is 9.13. The zero-order valence-corrected chi connectivity index (χ0v) is 11.1. The zero-order chi connectivity index (χ0) is 13.4. The normalized spacial score (nSPS) is 13.3. The van der Waals surface area contributed by atoms with Crippen LogP contribution in [0.15, 0.2) is 52.3 Å². The van der Waals surface area contributed by atoms with Crippen LogP contribution in [0.5, 0.6) is 0 Å². The Labute approximate surface area is 115 Å². The Hall–Kier alpha value is -2.07. The first-order valence-corrected chi connectivity index (χ1v) is 6.69. The molecule has 1 amide bonds. The molecule has 2 aromatic rings. The Kier molecular flexibility index (Phi) is 2.87. The molecule has 0 aliphatic carbocycles. The highest BCUT2D eigenvalue weighted by Crippen LogP contribution is 2.33. The van der Waals surface area contributed by atoms with E-state index in [0.29, 0.717) is 11.3 Å². The summed E-state index contributed by atoms with van der Waals surface area (Å²) in [6.07, 6.45) is 0. The van der Waals surface area contributed by atoms with Crippen LogP contribution in [0.3, 0.4) is 0 Å². The maximum Gasteiger partial charge on any atom is 0.296 e. The highest BCUT2D eigenvalue weighted by atomic mass is 32.2. The van der Waals surface area contributed by atoms with E-state index in [1.165, 1.54) is 5.56 Å². The van der Waals surface area contributed by atoms with Gasteiger partial charge in [0.15, 0.2) is 0 Å². The van der Waals surface area contributed by atoms with Gasteiger partial charge in [-0.15, -0.1) is 0 Å². The van der Waals surface area contributed by atoms with Crippen LogP contribution < -0.4 is 5.32 Å². The summed E-state index contributed by atoms with van der Waals surface area (Å²) in [5.74, 6) is -1.00. The van der Waals surface area contributed by atoms with Crippen molar-refractivity contribution < 1.29 is 9.59 Å². The van der Waals surface area contributed by atoms with Crippen molar-refractivity contribution in [2.45, 2.75) is 16.7 Å². The molecule has 1 aliphatic rings. The highest BCUT2D eigenvalue weighted by Gasteiger charge is 2.27. The van der Waals surface area contributed by atoms with Gasteiger partial charge in [-0.05, 0) is 37.3 Å². The summed E-state index contributed by atoms with van der Waals surface area (Å²) in [5, 5.41) is 2.58. The van der Waals surface area contributed by atoms with E-state index in [2.05, 4.69) is 11.4 Å². The summed E-state index contributed by atoms with van der Waals surface area (Å²) in [6.45, 7) is 2.05. The van der Waals surface area contributed by atoms with Gasteiger partial charge in [0.05, 0.1) is 11.3 Å². The molecule has 94 valence electrons. The number of hydrogen-bond donors (Lipinski definition) is 1. The van der Waals surface area contributed by atoms with Gasteiger partial charge in [-0.1, -0.05) is 29.5 Å². The van der Waals surface area contributed by atoms with E-state index in [0.717, 1.165) is 9.79 Å². The summed E-state index contributed by atoms with van der Waals surface area (Å²) >= 11 is 1.61. The number of aryl methyl sites for hydroxylation is 1. The van der Waals surface area contributed by atoms with Crippen molar-refractivity contribution in [1.82, 2.24) is 0 Å². The summed E-state index contributed by atoms with van der Waals surface area (Å²) in [6, 6.07) is 13.6. The molecule has 1 heterocycles. The molecule has 0 saturated carbocycles. The molecule has 0 bridgehead atoms. The third-order valence-electron chi connectivity index (χ3n) is 2.92. The number of carbonyl (C=O) groups excluding carboxylic acids is 2. The molecule has 0 fully saturated rings. The van der Waals surface area contributed by atoms with Crippen LogP contribution in [0, 0.1) is 6.92 Å². The lowest BCUT2D eigenvalue weighted by atomic mass is 10.1. The minimum Gasteiger partial charge on any atom is -0.318 e. The van der Waals surface area contributed by atoms with Gasteiger partial charge in [0.2, 0.25) is 0 Å². The van der Waals surface area contributed by atoms with Gasteiger partial charge in [-0.3, -0.25) is 9.59 Å². The van der Waals surface area contributed by atoms with Crippen molar-refractivity contribution >= 4 is 29.1 Å². The molecule has 2 aromatic carbocycles. The third-order valence-corrected chi connectivity index (χ3v) is 3.89. The van der Waals surface area contributed by atoms with E-state index < -0.39 is 11.7 Å². The molecule has 0 atom stereocenters. The SMILES string of the molecule is Cc1cccc(Sc2ccc3c(c2)NC(=O)C3=O)c1. The van der Waals surface area contributed by atoms with Crippen LogP contribution >= 0.6 is 11.8 Å². The second-order valence-electron chi connectivity index (χ2n) is 4.41.